The van der Waals surface area contributed by atoms with Crippen molar-refractivity contribution in [3.8, 4) is 0 Å². The summed E-state index contributed by atoms with van der Waals surface area (Å²) in [6.45, 7) is 6.39. The summed E-state index contributed by atoms with van der Waals surface area (Å²) in [6, 6.07) is 0. The highest BCUT2D eigenvalue weighted by Crippen LogP contribution is 2.16. The van der Waals surface area contributed by atoms with E-state index in [0.717, 1.165) is 122 Å². The molecule has 0 aliphatic heterocycles. The summed E-state index contributed by atoms with van der Waals surface area (Å²) >= 11 is 0. The zero-order valence-electron chi connectivity index (χ0n) is 45.3. The maximum absolute atomic E-state index is 12.8. The topological polar surface area (TPSA) is 78.9 Å². The van der Waals surface area contributed by atoms with Crippen molar-refractivity contribution in [1.82, 2.24) is 0 Å². The predicted molar refractivity (Wildman–Crippen MR) is 297 cm³/mol. The van der Waals surface area contributed by atoms with E-state index in [0.29, 0.717) is 19.3 Å². The van der Waals surface area contributed by atoms with E-state index in [4.69, 9.17) is 14.2 Å². The molecule has 0 saturated heterocycles. The molecular formula is C63H108O6. The van der Waals surface area contributed by atoms with Gasteiger partial charge in [0.25, 0.3) is 0 Å². The Kier molecular flexibility index (Phi) is 54.3. The van der Waals surface area contributed by atoms with Gasteiger partial charge in [-0.1, -0.05) is 254 Å². The minimum atomic E-state index is -0.782. The molecule has 396 valence electrons. The monoisotopic (exact) mass is 961 g/mol. The maximum atomic E-state index is 12.8. The smallest absolute Gasteiger partial charge is 0.306 e. The number of ether oxygens (including phenoxy) is 3. The van der Waals surface area contributed by atoms with Gasteiger partial charge in [-0.3, -0.25) is 14.4 Å². The normalized spacial score (nSPS) is 12.7. The Labute approximate surface area is 426 Å². The van der Waals surface area contributed by atoms with Crippen molar-refractivity contribution in [3.63, 3.8) is 0 Å². The summed E-state index contributed by atoms with van der Waals surface area (Å²) in [5, 5.41) is 0. The highest BCUT2D eigenvalue weighted by atomic mass is 16.6. The zero-order valence-corrected chi connectivity index (χ0v) is 45.3. The van der Waals surface area contributed by atoms with Crippen LogP contribution in [0, 0.1) is 0 Å². The van der Waals surface area contributed by atoms with Crippen molar-refractivity contribution in [3.05, 3.63) is 85.1 Å². The van der Waals surface area contributed by atoms with Gasteiger partial charge >= 0.3 is 17.9 Å². The molecule has 0 aromatic heterocycles. The molecule has 6 nitrogen and oxygen atoms in total. The first-order valence-electron chi connectivity index (χ1n) is 29.1. The van der Waals surface area contributed by atoms with Crippen molar-refractivity contribution in [1.29, 1.82) is 0 Å². The largest absolute Gasteiger partial charge is 0.462 e. The minimum Gasteiger partial charge on any atom is -0.462 e. The molecule has 6 heteroatoms. The van der Waals surface area contributed by atoms with Gasteiger partial charge in [-0.2, -0.15) is 0 Å². The van der Waals surface area contributed by atoms with Gasteiger partial charge in [0, 0.05) is 19.3 Å². The highest BCUT2D eigenvalue weighted by Gasteiger charge is 2.19. The molecule has 0 amide bonds. The Morgan fingerprint density at radius 3 is 0.884 bits per heavy atom. The summed E-state index contributed by atoms with van der Waals surface area (Å²) < 4.78 is 16.8. The van der Waals surface area contributed by atoms with E-state index in [1.807, 2.05) is 0 Å². The molecule has 0 bridgehead atoms. The van der Waals surface area contributed by atoms with Crippen LogP contribution in [0.5, 0.6) is 0 Å². The van der Waals surface area contributed by atoms with Gasteiger partial charge in [0.1, 0.15) is 13.2 Å². The second kappa shape index (κ2) is 57.2. The first-order valence-corrected chi connectivity index (χ1v) is 29.1. The summed E-state index contributed by atoms with van der Waals surface area (Å²) in [5.74, 6) is -0.895. The third-order valence-electron chi connectivity index (χ3n) is 12.4. The first kappa shape index (κ1) is 65.6. The average molecular weight is 962 g/mol. The van der Waals surface area contributed by atoms with E-state index in [1.54, 1.807) is 0 Å². The molecule has 0 N–H and O–H groups in total. The molecule has 0 aliphatic carbocycles. The molecule has 69 heavy (non-hydrogen) atoms. The molecule has 0 spiro atoms. The fourth-order valence-electron chi connectivity index (χ4n) is 8.10. The lowest BCUT2D eigenvalue weighted by molar-refractivity contribution is -0.167. The second-order valence-electron chi connectivity index (χ2n) is 19.1. The lowest BCUT2D eigenvalue weighted by atomic mass is 10.0. The van der Waals surface area contributed by atoms with Crippen molar-refractivity contribution in [2.24, 2.45) is 0 Å². The molecule has 0 aromatic rings. The van der Waals surface area contributed by atoms with Crippen molar-refractivity contribution in [2.75, 3.05) is 13.2 Å². The number of carbonyl (C=O) groups is 3. The van der Waals surface area contributed by atoms with Crippen LogP contribution in [0.1, 0.15) is 278 Å². The van der Waals surface area contributed by atoms with Crippen molar-refractivity contribution >= 4 is 17.9 Å². The van der Waals surface area contributed by atoms with E-state index in [-0.39, 0.29) is 31.1 Å². The van der Waals surface area contributed by atoms with Crippen LogP contribution in [0.4, 0.5) is 0 Å². The van der Waals surface area contributed by atoms with Crippen LogP contribution in [0.15, 0.2) is 85.1 Å². The zero-order chi connectivity index (χ0) is 50.0. The highest BCUT2D eigenvalue weighted by molar-refractivity contribution is 5.71. The second-order valence-corrected chi connectivity index (χ2v) is 19.1. The molecular weight excluding hydrogens is 853 g/mol. The van der Waals surface area contributed by atoms with Gasteiger partial charge in [-0.25, -0.2) is 0 Å². The van der Waals surface area contributed by atoms with E-state index in [9.17, 15) is 14.4 Å². The number of carbonyl (C=O) groups excluding carboxylic acids is 3. The quantitative estimate of drug-likeness (QED) is 0.0262. The van der Waals surface area contributed by atoms with Crippen LogP contribution in [0.2, 0.25) is 0 Å². The third-order valence-corrected chi connectivity index (χ3v) is 12.4. The first-order chi connectivity index (χ1) is 34.0. The van der Waals surface area contributed by atoms with E-state index in [1.165, 1.54) is 116 Å². The Bertz CT molecular complexity index is 1330. The van der Waals surface area contributed by atoms with Crippen LogP contribution in [0.3, 0.4) is 0 Å². The average Bonchev–Trinajstić information content (AvgIpc) is 3.35. The lowest BCUT2D eigenvalue weighted by Crippen LogP contribution is -2.30. The molecule has 1 atom stereocenters. The van der Waals surface area contributed by atoms with E-state index >= 15 is 0 Å². The Balaban J connectivity index is 4.18. The molecule has 0 radical (unpaired) electrons. The number of unbranched alkanes of at least 4 members (excludes halogenated alkanes) is 27. The van der Waals surface area contributed by atoms with Gasteiger partial charge in [0.2, 0.25) is 0 Å². The number of esters is 3. The number of hydrogen-bond acceptors (Lipinski definition) is 6. The SMILES string of the molecule is CC/C=C\C/C=C\C/C=C\C/C=C\CCCCCCCCCCCCCCCCC(=O)OCC(COC(=O)CCCCCCCCCCC)OC(=O)CCCCCCC/C=C\C/C=C\C/C=C\CC. The fraction of sp³-hybridized carbons (Fsp3) is 0.730. The van der Waals surface area contributed by atoms with E-state index in [2.05, 4.69) is 106 Å². The van der Waals surface area contributed by atoms with Crippen LogP contribution in [-0.2, 0) is 28.6 Å². The van der Waals surface area contributed by atoms with Crippen molar-refractivity contribution in [2.45, 2.75) is 284 Å². The van der Waals surface area contributed by atoms with Crippen LogP contribution < -0.4 is 0 Å². The fourth-order valence-corrected chi connectivity index (χ4v) is 8.10. The van der Waals surface area contributed by atoms with E-state index < -0.39 is 6.10 Å². The molecule has 0 aromatic carbocycles. The van der Waals surface area contributed by atoms with Crippen molar-refractivity contribution < 1.29 is 28.6 Å². The maximum Gasteiger partial charge on any atom is 0.306 e. The van der Waals surface area contributed by atoms with Gasteiger partial charge in [0.15, 0.2) is 6.10 Å². The Hall–Kier alpha value is -3.41. The van der Waals surface area contributed by atoms with Gasteiger partial charge in [-0.15, -0.1) is 0 Å². The predicted octanol–water partition coefficient (Wildman–Crippen LogP) is 19.5. The van der Waals surface area contributed by atoms with Gasteiger partial charge in [-0.05, 0) is 89.9 Å². The standard InChI is InChI=1S/C63H108O6/c1-4-7-10-13-16-19-21-23-25-26-27-28-29-30-31-32-33-34-35-36-38-39-41-44-47-50-53-56-62(65)68-59-60(58-67-61(64)55-52-49-46-43-18-15-12-9-6-3)69-63(66)57-54-51-48-45-42-40-37-24-22-20-17-14-11-8-5-2/h7-8,10-11,16-17,19-20,23-25,27-28,37,60H,4-6,9,12-15,18,21-22,26,29-36,38-59H2,1-3H3/b10-7-,11-8-,19-16-,20-17-,25-23-,28-27-,37-24-. The Morgan fingerprint density at radius 1 is 0.304 bits per heavy atom. The number of hydrogen-bond donors (Lipinski definition) is 0. The lowest BCUT2D eigenvalue weighted by Gasteiger charge is -2.18. The van der Waals surface area contributed by atoms with Crippen LogP contribution in [-0.4, -0.2) is 37.2 Å². The molecule has 0 fully saturated rings. The molecule has 0 heterocycles. The minimum absolute atomic E-state index is 0.0811. The molecule has 0 rings (SSSR count). The van der Waals surface area contributed by atoms with Gasteiger partial charge in [0.05, 0.1) is 0 Å². The Morgan fingerprint density at radius 2 is 0.565 bits per heavy atom. The summed E-state index contributed by atoms with van der Waals surface area (Å²) in [7, 11) is 0. The summed E-state index contributed by atoms with van der Waals surface area (Å²) in [6.07, 6.45) is 74.5. The van der Waals surface area contributed by atoms with Crippen LogP contribution >= 0.6 is 0 Å². The number of rotatable bonds is 52. The van der Waals surface area contributed by atoms with Gasteiger partial charge < -0.3 is 14.2 Å². The molecule has 1 unspecified atom stereocenters. The molecule has 0 aliphatic rings. The summed E-state index contributed by atoms with van der Waals surface area (Å²) in [5.41, 5.74) is 0. The van der Waals surface area contributed by atoms with Crippen LogP contribution in [0.25, 0.3) is 0 Å². The molecule has 0 saturated carbocycles. The third kappa shape index (κ3) is 55.4. The summed E-state index contributed by atoms with van der Waals surface area (Å²) in [4.78, 5) is 38.0. The number of allylic oxidation sites excluding steroid dienone is 14.